The molecule has 0 saturated carbocycles. The first kappa shape index (κ1) is 34.7. The third-order valence-electron chi connectivity index (χ3n) is 10.9. The van der Waals surface area contributed by atoms with Crippen LogP contribution >= 0.6 is 0 Å². The summed E-state index contributed by atoms with van der Waals surface area (Å²) in [5, 5.41) is 6.85. The maximum atomic E-state index is 5.17. The monoisotopic (exact) mass is 740 g/mol. The normalized spacial score (nSPS) is 11.2. The minimum absolute atomic E-state index is 0.598. The molecule has 58 heavy (non-hydrogen) atoms. The van der Waals surface area contributed by atoms with Gasteiger partial charge in [-0.2, -0.15) is 0 Å². The second-order valence-electron chi connectivity index (χ2n) is 14.4. The fraction of sp³-hybridized carbons (Fsp3) is 0. The van der Waals surface area contributed by atoms with Gasteiger partial charge in [-0.25, -0.2) is 15.0 Å². The summed E-state index contributed by atoms with van der Waals surface area (Å²) >= 11 is 0. The van der Waals surface area contributed by atoms with Crippen molar-refractivity contribution >= 4 is 44.5 Å². The summed E-state index contributed by atoms with van der Waals surface area (Å²) in [7, 11) is 0. The number of rotatable bonds is 8. The Labute approximate surface area is 337 Å². The van der Waals surface area contributed by atoms with Crippen LogP contribution in [0, 0.1) is 0 Å². The zero-order valence-electron chi connectivity index (χ0n) is 31.7. The summed E-state index contributed by atoms with van der Waals surface area (Å²) in [5.74, 6) is 1.84. The first-order chi connectivity index (χ1) is 28.6. The molecule has 0 aliphatic carbocycles. The summed E-state index contributed by atoms with van der Waals surface area (Å²) in [5.41, 5.74) is 11.5. The van der Waals surface area contributed by atoms with Crippen LogP contribution in [0.15, 0.2) is 195 Å². The number of aromatic nitrogens is 4. The standard InChI is InChI=1S/C54H36N4/c1-3-45-46(4-2)49-24-14-23-47(51(49)50-22-12-11-21-48(45)50)43-31-42(38-20-13-19-37(29-38)39-25-26-41-34-55-28-27-40(41)30-39)32-44(33-43)54-57-52(35-15-7-5-8-16-35)56-53(58-54)36-17-9-6-10-18-36/h3-34H,1-2H2. The van der Waals surface area contributed by atoms with Crippen LogP contribution in [-0.4, -0.2) is 19.9 Å². The Morgan fingerprint density at radius 3 is 1.59 bits per heavy atom. The van der Waals surface area contributed by atoms with E-state index in [-0.39, 0.29) is 0 Å². The number of nitrogens with zero attached hydrogens (tertiary/aromatic N) is 4. The highest BCUT2D eigenvalue weighted by Crippen LogP contribution is 2.42. The molecule has 2 aromatic heterocycles. The molecule has 0 aliphatic heterocycles. The number of hydrogen-bond donors (Lipinski definition) is 0. The molecule has 0 radical (unpaired) electrons. The molecule has 272 valence electrons. The van der Waals surface area contributed by atoms with Crippen molar-refractivity contribution in [3.05, 3.63) is 207 Å². The first-order valence-electron chi connectivity index (χ1n) is 19.3. The molecular formula is C54H36N4. The van der Waals surface area contributed by atoms with E-state index < -0.39 is 0 Å². The van der Waals surface area contributed by atoms with Crippen LogP contribution in [0.1, 0.15) is 11.1 Å². The summed E-state index contributed by atoms with van der Waals surface area (Å²) in [6.45, 7) is 8.45. The quantitative estimate of drug-likeness (QED) is 0.146. The Kier molecular flexibility index (Phi) is 8.77. The zero-order chi connectivity index (χ0) is 39.0. The summed E-state index contributed by atoms with van der Waals surface area (Å²) < 4.78 is 0. The molecule has 0 aliphatic rings. The van der Waals surface area contributed by atoms with E-state index in [0.717, 1.165) is 93.5 Å². The van der Waals surface area contributed by atoms with Gasteiger partial charge in [0.05, 0.1) is 0 Å². The molecule has 10 rings (SSSR count). The molecule has 0 atom stereocenters. The van der Waals surface area contributed by atoms with Gasteiger partial charge < -0.3 is 0 Å². The Bertz CT molecular complexity index is 3150. The fourth-order valence-electron chi connectivity index (χ4n) is 8.13. The van der Waals surface area contributed by atoms with Crippen molar-refractivity contribution in [1.29, 1.82) is 0 Å². The van der Waals surface area contributed by atoms with Gasteiger partial charge in [-0.1, -0.05) is 159 Å². The predicted molar refractivity (Wildman–Crippen MR) is 243 cm³/mol. The smallest absolute Gasteiger partial charge is 0.164 e. The van der Waals surface area contributed by atoms with E-state index in [0.29, 0.717) is 17.5 Å². The second kappa shape index (κ2) is 14.7. The molecule has 0 bridgehead atoms. The third kappa shape index (κ3) is 6.23. The van der Waals surface area contributed by atoms with E-state index in [1.54, 1.807) is 0 Å². The van der Waals surface area contributed by atoms with Crippen molar-refractivity contribution in [2.75, 3.05) is 0 Å². The van der Waals surface area contributed by atoms with Crippen molar-refractivity contribution in [3.63, 3.8) is 0 Å². The topological polar surface area (TPSA) is 51.6 Å². The second-order valence-corrected chi connectivity index (χ2v) is 14.4. The number of hydrogen-bond acceptors (Lipinski definition) is 4. The molecule has 2 heterocycles. The Balaban J connectivity index is 1.24. The Hall–Kier alpha value is -7.82. The molecular weight excluding hydrogens is 705 g/mol. The van der Waals surface area contributed by atoms with Crippen LogP contribution in [0.2, 0.25) is 0 Å². The summed E-state index contributed by atoms with van der Waals surface area (Å²) in [6.07, 6.45) is 7.64. The van der Waals surface area contributed by atoms with E-state index in [1.165, 1.54) is 0 Å². The van der Waals surface area contributed by atoms with Gasteiger partial charge >= 0.3 is 0 Å². The lowest BCUT2D eigenvalue weighted by Gasteiger charge is -2.18. The van der Waals surface area contributed by atoms with Gasteiger partial charge in [0.15, 0.2) is 17.5 Å². The molecule has 0 unspecified atom stereocenters. The maximum absolute atomic E-state index is 5.17. The van der Waals surface area contributed by atoms with Gasteiger partial charge in [-0.3, -0.25) is 4.98 Å². The number of fused-ring (bicyclic) bond motifs is 4. The van der Waals surface area contributed by atoms with E-state index in [1.807, 2.05) is 85.2 Å². The van der Waals surface area contributed by atoms with Crippen molar-refractivity contribution in [3.8, 4) is 67.5 Å². The number of benzene rings is 8. The average molecular weight is 741 g/mol. The van der Waals surface area contributed by atoms with E-state index >= 15 is 0 Å². The molecule has 10 aromatic rings. The molecule has 0 fully saturated rings. The number of pyridine rings is 1. The minimum atomic E-state index is 0.598. The van der Waals surface area contributed by atoms with Gasteiger partial charge in [0.1, 0.15) is 0 Å². The van der Waals surface area contributed by atoms with Crippen LogP contribution in [0.4, 0.5) is 0 Å². The third-order valence-corrected chi connectivity index (χ3v) is 10.9. The molecule has 4 nitrogen and oxygen atoms in total. The lowest BCUT2D eigenvalue weighted by atomic mass is 9.86. The van der Waals surface area contributed by atoms with Gasteiger partial charge in [0.25, 0.3) is 0 Å². The molecule has 0 N–H and O–H groups in total. The SMILES string of the molecule is C=Cc1c(C=C)c2cccc(-c3cc(-c4cccc(-c5ccc6cnccc6c5)c4)cc(-c4nc(-c5ccccc5)nc(-c5ccccc5)n4)c3)c2c2ccccc12. The van der Waals surface area contributed by atoms with Gasteiger partial charge in [-0.15, -0.1) is 0 Å². The lowest BCUT2D eigenvalue weighted by Crippen LogP contribution is -2.00. The van der Waals surface area contributed by atoms with Crippen LogP contribution in [0.3, 0.4) is 0 Å². The van der Waals surface area contributed by atoms with E-state index in [9.17, 15) is 0 Å². The fourth-order valence-corrected chi connectivity index (χ4v) is 8.13. The molecule has 0 spiro atoms. The van der Waals surface area contributed by atoms with Crippen molar-refractivity contribution in [2.24, 2.45) is 0 Å². The predicted octanol–water partition coefficient (Wildman–Crippen LogP) is 14.0. The van der Waals surface area contributed by atoms with Crippen molar-refractivity contribution < 1.29 is 0 Å². The van der Waals surface area contributed by atoms with Crippen molar-refractivity contribution in [2.45, 2.75) is 0 Å². The first-order valence-corrected chi connectivity index (χ1v) is 19.3. The molecule has 8 aromatic carbocycles. The maximum Gasteiger partial charge on any atom is 0.164 e. The van der Waals surface area contributed by atoms with Crippen LogP contribution in [-0.2, 0) is 0 Å². The minimum Gasteiger partial charge on any atom is -0.264 e. The zero-order valence-corrected chi connectivity index (χ0v) is 31.7. The van der Waals surface area contributed by atoms with E-state index in [4.69, 9.17) is 15.0 Å². The van der Waals surface area contributed by atoms with Gasteiger partial charge in [0.2, 0.25) is 0 Å². The molecule has 0 amide bonds. The van der Waals surface area contributed by atoms with E-state index in [2.05, 4.69) is 127 Å². The van der Waals surface area contributed by atoms with Crippen LogP contribution in [0.25, 0.3) is 112 Å². The highest BCUT2D eigenvalue weighted by Gasteiger charge is 2.18. The van der Waals surface area contributed by atoms with Crippen molar-refractivity contribution in [1.82, 2.24) is 19.9 Å². The molecule has 4 heteroatoms. The van der Waals surface area contributed by atoms with Gasteiger partial charge in [0, 0.05) is 34.5 Å². The molecule has 0 saturated heterocycles. The largest absolute Gasteiger partial charge is 0.264 e. The van der Waals surface area contributed by atoms with Crippen LogP contribution in [0.5, 0.6) is 0 Å². The lowest BCUT2D eigenvalue weighted by molar-refractivity contribution is 1.07. The Morgan fingerprint density at radius 2 is 0.879 bits per heavy atom. The van der Waals surface area contributed by atoms with Crippen LogP contribution < -0.4 is 0 Å². The summed E-state index contributed by atoms with van der Waals surface area (Å²) in [4.78, 5) is 19.7. The highest BCUT2D eigenvalue weighted by atomic mass is 15.0. The highest BCUT2D eigenvalue weighted by molar-refractivity contribution is 6.19. The van der Waals surface area contributed by atoms with Gasteiger partial charge in [-0.05, 0) is 108 Å². The Morgan fingerprint density at radius 1 is 0.362 bits per heavy atom. The average Bonchev–Trinajstić information content (AvgIpc) is 3.31. The summed E-state index contributed by atoms with van der Waals surface area (Å²) in [6, 6.07) is 59.4.